The number of fused-ring (bicyclic) bond motifs is 3. The topological polar surface area (TPSA) is 23.6 Å². The molecule has 2 atom stereocenters. The molecule has 3 aliphatic heterocycles. The van der Waals surface area contributed by atoms with Crippen molar-refractivity contribution < 1.29 is 9.18 Å². The molecule has 0 bridgehead atoms. The Hall–Kier alpha value is -1.85. The molecule has 3 aliphatic rings. The van der Waals surface area contributed by atoms with E-state index in [4.69, 9.17) is 0 Å². The quantitative estimate of drug-likeness (QED) is 0.650. The summed E-state index contributed by atoms with van der Waals surface area (Å²) >= 11 is 2.01. The molecule has 0 N–H and O–H groups in total. The number of likely N-dealkylation sites (tertiary alicyclic amines) is 1. The van der Waals surface area contributed by atoms with Gasteiger partial charge in [0.05, 0.1) is 5.69 Å². The summed E-state index contributed by atoms with van der Waals surface area (Å²) in [5, 5.41) is 0. The molecular weight excluding hydrogens is 383 g/mol. The number of rotatable bonds is 5. The highest BCUT2D eigenvalue weighted by atomic mass is 32.2. The molecule has 152 valence electrons. The largest absolute Gasteiger partial charge is 0.367 e. The van der Waals surface area contributed by atoms with Crippen LogP contribution in [0, 0.1) is 5.82 Å². The molecule has 0 radical (unpaired) electrons. The Morgan fingerprint density at radius 1 is 1.14 bits per heavy atom. The number of hydrogen-bond donors (Lipinski definition) is 0. The lowest BCUT2D eigenvalue weighted by Crippen LogP contribution is -2.46. The number of ketones is 1. The summed E-state index contributed by atoms with van der Waals surface area (Å²) in [7, 11) is 0. The molecule has 3 nitrogen and oxygen atoms in total. The summed E-state index contributed by atoms with van der Waals surface area (Å²) in [4.78, 5) is 19.1. The number of piperidine rings is 1. The number of carbonyl (C=O) groups is 1. The van der Waals surface area contributed by atoms with Crippen molar-refractivity contribution in [2.45, 2.75) is 42.5 Å². The van der Waals surface area contributed by atoms with Crippen LogP contribution in [0.3, 0.4) is 0 Å². The minimum Gasteiger partial charge on any atom is -0.367 e. The number of carbonyl (C=O) groups excluding carboxylic acids is 1. The molecule has 0 unspecified atom stereocenters. The third kappa shape index (κ3) is 3.71. The molecule has 0 saturated carbocycles. The fourth-order valence-electron chi connectivity index (χ4n) is 5.26. The van der Waals surface area contributed by atoms with Crippen LogP contribution in [0.5, 0.6) is 0 Å². The van der Waals surface area contributed by atoms with Crippen molar-refractivity contribution in [1.82, 2.24) is 4.90 Å². The SMILES string of the molecule is O=C(CCCN1CC[C@@H]2[C@@H](C1)c1cccc3c1N2CCCS3)c1ccc(F)cc1. The van der Waals surface area contributed by atoms with Crippen molar-refractivity contribution in [3.05, 3.63) is 59.4 Å². The Labute approximate surface area is 176 Å². The maximum absolute atomic E-state index is 13.0. The third-order valence-electron chi connectivity index (χ3n) is 6.62. The number of nitrogens with zero attached hydrogens (tertiary/aromatic N) is 2. The fourth-order valence-corrected chi connectivity index (χ4v) is 6.30. The van der Waals surface area contributed by atoms with Gasteiger partial charge in [-0.25, -0.2) is 4.39 Å². The van der Waals surface area contributed by atoms with Crippen molar-refractivity contribution in [3.63, 3.8) is 0 Å². The lowest BCUT2D eigenvalue weighted by Gasteiger charge is -2.39. The molecule has 2 aromatic rings. The molecule has 3 heterocycles. The van der Waals surface area contributed by atoms with Gasteiger partial charge in [0.15, 0.2) is 5.78 Å². The van der Waals surface area contributed by atoms with E-state index < -0.39 is 0 Å². The van der Waals surface area contributed by atoms with Crippen LogP contribution >= 0.6 is 11.8 Å². The van der Waals surface area contributed by atoms with Gasteiger partial charge < -0.3 is 9.80 Å². The molecule has 0 aliphatic carbocycles. The summed E-state index contributed by atoms with van der Waals surface area (Å²) in [6, 6.07) is 13.4. The second kappa shape index (κ2) is 8.11. The highest BCUT2D eigenvalue weighted by Crippen LogP contribution is 2.50. The van der Waals surface area contributed by atoms with Crippen LogP contribution in [-0.2, 0) is 0 Å². The maximum atomic E-state index is 13.0. The van der Waals surface area contributed by atoms with Crippen molar-refractivity contribution >= 4 is 23.2 Å². The molecule has 0 amide bonds. The van der Waals surface area contributed by atoms with E-state index >= 15 is 0 Å². The smallest absolute Gasteiger partial charge is 0.162 e. The lowest BCUT2D eigenvalue weighted by molar-refractivity contribution is 0.0971. The van der Waals surface area contributed by atoms with Gasteiger partial charge in [-0.1, -0.05) is 12.1 Å². The first-order valence-electron chi connectivity index (χ1n) is 10.7. The Morgan fingerprint density at radius 2 is 2.00 bits per heavy atom. The van der Waals surface area contributed by atoms with E-state index in [1.54, 1.807) is 12.1 Å². The van der Waals surface area contributed by atoms with Crippen LogP contribution in [0.15, 0.2) is 47.4 Å². The van der Waals surface area contributed by atoms with Crippen LogP contribution < -0.4 is 4.90 Å². The maximum Gasteiger partial charge on any atom is 0.162 e. The van der Waals surface area contributed by atoms with E-state index in [0.717, 1.165) is 26.1 Å². The minimum atomic E-state index is -0.295. The van der Waals surface area contributed by atoms with Gasteiger partial charge in [-0.2, -0.15) is 0 Å². The summed E-state index contributed by atoms with van der Waals surface area (Å²) in [5.74, 6) is 1.63. The zero-order chi connectivity index (χ0) is 19.8. The Bertz CT molecular complexity index is 900. The minimum absolute atomic E-state index is 0.112. The normalized spacial score (nSPS) is 23.4. The number of thioether (sulfide) groups is 1. The Balaban J connectivity index is 1.22. The highest BCUT2D eigenvalue weighted by molar-refractivity contribution is 7.99. The second-order valence-corrected chi connectivity index (χ2v) is 9.52. The lowest BCUT2D eigenvalue weighted by atomic mass is 9.89. The first kappa shape index (κ1) is 19.1. The Morgan fingerprint density at radius 3 is 2.86 bits per heavy atom. The van der Waals surface area contributed by atoms with Crippen LogP contribution in [0.4, 0.5) is 10.1 Å². The van der Waals surface area contributed by atoms with Crippen LogP contribution in [-0.4, -0.2) is 48.7 Å². The average molecular weight is 411 g/mol. The monoisotopic (exact) mass is 410 g/mol. The van der Waals surface area contributed by atoms with Gasteiger partial charge in [-0.05, 0) is 67.5 Å². The second-order valence-electron chi connectivity index (χ2n) is 8.39. The van der Waals surface area contributed by atoms with Gasteiger partial charge in [0.1, 0.15) is 5.82 Å². The number of halogens is 1. The van der Waals surface area contributed by atoms with Crippen molar-refractivity contribution in [3.8, 4) is 0 Å². The van der Waals surface area contributed by atoms with E-state index in [9.17, 15) is 9.18 Å². The zero-order valence-corrected chi connectivity index (χ0v) is 17.5. The first-order valence-corrected chi connectivity index (χ1v) is 11.7. The molecular formula is C24H27FN2OS. The molecule has 1 fully saturated rings. The van der Waals surface area contributed by atoms with Gasteiger partial charge in [0, 0.05) is 48.5 Å². The van der Waals surface area contributed by atoms with Crippen LogP contribution in [0.2, 0.25) is 0 Å². The number of hydrogen-bond acceptors (Lipinski definition) is 4. The number of Topliss-reactive ketones (excluding diaryl/α,β-unsaturated/α-hetero) is 1. The van der Waals surface area contributed by atoms with E-state index in [2.05, 4.69) is 28.0 Å². The zero-order valence-electron chi connectivity index (χ0n) is 16.6. The molecule has 5 rings (SSSR count). The molecule has 29 heavy (non-hydrogen) atoms. The highest BCUT2D eigenvalue weighted by Gasteiger charge is 2.43. The summed E-state index contributed by atoms with van der Waals surface area (Å²) in [6.07, 6.45) is 3.85. The van der Waals surface area contributed by atoms with E-state index in [1.165, 1.54) is 53.4 Å². The average Bonchev–Trinajstić information content (AvgIpc) is 2.89. The fraction of sp³-hybridized carbons (Fsp3) is 0.458. The van der Waals surface area contributed by atoms with Crippen molar-refractivity contribution in [2.24, 2.45) is 0 Å². The van der Waals surface area contributed by atoms with E-state index in [-0.39, 0.29) is 11.6 Å². The van der Waals surface area contributed by atoms with Crippen LogP contribution in [0.25, 0.3) is 0 Å². The predicted molar refractivity (Wildman–Crippen MR) is 117 cm³/mol. The Kier molecular flexibility index (Phi) is 5.35. The van der Waals surface area contributed by atoms with E-state index in [1.807, 2.05) is 11.8 Å². The summed E-state index contributed by atoms with van der Waals surface area (Å²) in [5.41, 5.74) is 3.66. The first-order chi connectivity index (χ1) is 14.2. The van der Waals surface area contributed by atoms with Crippen LogP contribution in [0.1, 0.15) is 47.5 Å². The van der Waals surface area contributed by atoms with Gasteiger partial charge in [0.25, 0.3) is 0 Å². The van der Waals surface area contributed by atoms with Crippen molar-refractivity contribution in [1.29, 1.82) is 0 Å². The summed E-state index contributed by atoms with van der Waals surface area (Å²) in [6.45, 7) is 4.34. The standard InChI is InChI=1S/C24H27FN2OS/c25-18-9-7-17(8-10-18)22(28)5-2-12-26-14-11-21-20(16-26)19-4-1-6-23-24(19)27(21)13-3-15-29-23/h1,4,6-10,20-21H,2-3,5,11-16H2/t20-,21+/m0/s1. The number of benzene rings is 2. The number of para-hydroxylation sites is 1. The molecule has 2 aromatic carbocycles. The summed E-state index contributed by atoms with van der Waals surface area (Å²) < 4.78 is 13.0. The molecule has 1 saturated heterocycles. The third-order valence-corrected chi connectivity index (χ3v) is 7.76. The van der Waals surface area contributed by atoms with Crippen molar-refractivity contribution in [2.75, 3.05) is 36.8 Å². The molecule has 0 aromatic heterocycles. The van der Waals surface area contributed by atoms with Gasteiger partial charge in [-0.15, -0.1) is 11.8 Å². The van der Waals surface area contributed by atoms with Gasteiger partial charge >= 0.3 is 0 Å². The van der Waals surface area contributed by atoms with Gasteiger partial charge in [-0.3, -0.25) is 4.79 Å². The van der Waals surface area contributed by atoms with Gasteiger partial charge in [0.2, 0.25) is 0 Å². The van der Waals surface area contributed by atoms with E-state index in [0.29, 0.717) is 23.9 Å². The molecule has 0 spiro atoms. The number of anilines is 1. The predicted octanol–water partition coefficient (Wildman–Crippen LogP) is 4.96. The molecule has 5 heteroatoms.